The Morgan fingerprint density at radius 1 is 1.16 bits per heavy atom. The maximum atomic E-state index is 9.24. The molecule has 0 aliphatic carbocycles. The first-order valence-electron chi connectivity index (χ1n) is 6.47. The number of aliphatic hydroxyl groups excluding tert-OH is 1. The van der Waals surface area contributed by atoms with Gasteiger partial charge in [-0.15, -0.1) is 0 Å². The van der Waals surface area contributed by atoms with Crippen molar-refractivity contribution >= 4 is 0 Å². The van der Waals surface area contributed by atoms with E-state index < -0.39 is 0 Å². The summed E-state index contributed by atoms with van der Waals surface area (Å²) in [4.78, 5) is 2.13. The summed E-state index contributed by atoms with van der Waals surface area (Å²) in [5.41, 5.74) is 7.06. The Morgan fingerprint density at radius 3 is 2.53 bits per heavy atom. The van der Waals surface area contributed by atoms with E-state index in [2.05, 4.69) is 17.0 Å². The number of aliphatic hydroxyl groups is 1. The van der Waals surface area contributed by atoms with Gasteiger partial charge in [0.05, 0.1) is 18.9 Å². The summed E-state index contributed by atoms with van der Waals surface area (Å²) in [5, 5.41) is 9.24. The van der Waals surface area contributed by atoms with Crippen LogP contribution in [0.3, 0.4) is 0 Å². The van der Waals surface area contributed by atoms with Gasteiger partial charge >= 0.3 is 0 Å². The van der Waals surface area contributed by atoms with Crippen LogP contribution in [0.5, 0.6) is 0 Å². The van der Waals surface area contributed by atoms with Crippen molar-refractivity contribution < 1.29 is 9.52 Å². The Morgan fingerprint density at radius 2 is 1.95 bits per heavy atom. The molecule has 0 aliphatic heterocycles. The van der Waals surface area contributed by atoms with Gasteiger partial charge in [0, 0.05) is 19.6 Å². The molecule has 1 heterocycles. The normalized spacial score (nSPS) is 12.8. The predicted octanol–water partition coefficient (Wildman–Crippen LogP) is 1.77. The third-order valence-electron chi connectivity index (χ3n) is 3.15. The van der Waals surface area contributed by atoms with Crippen LogP contribution in [-0.2, 0) is 6.54 Å². The van der Waals surface area contributed by atoms with Crippen LogP contribution in [0.15, 0.2) is 53.1 Å². The molecule has 1 atom stereocenters. The average molecular weight is 260 g/mol. The van der Waals surface area contributed by atoms with E-state index in [1.807, 2.05) is 30.3 Å². The summed E-state index contributed by atoms with van der Waals surface area (Å²) in [6.45, 7) is 1.87. The molecule has 0 spiro atoms. The first-order chi connectivity index (χ1) is 9.35. The van der Waals surface area contributed by atoms with Crippen LogP contribution < -0.4 is 5.73 Å². The van der Waals surface area contributed by atoms with E-state index in [0.717, 1.165) is 12.3 Å². The van der Waals surface area contributed by atoms with Crippen LogP contribution in [0.4, 0.5) is 0 Å². The largest absolute Gasteiger partial charge is 0.468 e. The molecule has 0 aliphatic rings. The Kier molecular flexibility index (Phi) is 5.15. The van der Waals surface area contributed by atoms with E-state index in [0.29, 0.717) is 13.1 Å². The number of hydrogen-bond donors (Lipinski definition) is 2. The van der Waals surface area contributed by atoms with Crippen molar-refractivity contribution in [2.75, 3.05) is 19.7 Å². The van der Waals surface area contributed by atoms with E-state index >= 15 is 0 Å². The first kappa shape index (κ1) is 13.8. The number of hydrogen-bond acceptors (Lipinski definition) is 4. The first-order valence-corrected chi connectivity index (χ1v) is 6.47. The minimum atomic E-state index is -0.0117. The summed E-state index contributed by atoms with van der Waals surface area (Å²) in [6.07, 6.45) is 1.65. The molecule has 4 nitrogen and oxygen atoms in total. The second kappa shape index (κ2) is 7.09. The standard InChI is InChI=1S/C15H20N2O2/c16-11-14(15-7-4-10-19-15)17(8-9-18)12-13-5-2-1-3-6-13/h1-7,10,14,18H,8-9,11-12,16H2. The molecule has 102 valence electrons. The van der Waals surface area contributed by atoms with Crippen molar-refractivity contribution in [3.63, 3.8) is 0 Å². The fourth-order valence-corrected chi connectivity index (χ4v) is 2.22. The lowest BCUT2D eigenvalue weighted by Gasteiger charge is -2.29. The Hall–Kier alpha value is -1.62. The highest BCUT2D eigenvalue weighted by Crippen LogP contribution is 2.22. The van der Waals surface area contributed by atoms with E-state index in [-0.39, 0.29) is 12.6 Å². The zero-order valence-corrected chi connectivity index (χ0v) is 10.9. The maximum absolute atomic E-state index is 9.24. The Bertz CT molecular complexity index is 456. The monoisotopic (exact) mass is 260 g/mol. The summed E-state index contributed by atoms with van der Waals surface area (Å²) in [6, 6.07) is 13.9. The van der Waals surface area contributed by atoms with Crippen LogP contribution in [0.2, 0.25) is 0 Å². The van der Waals surface area contributed by atoms with Crippen LogP contribution in [0.25, 0.3) is 0 Å². The SMILES string of the molecule is NCC(c1ccco1)N(CCO)Cc1ccccc1. The molecule has 1 aromatic carbocycles. The highest BCUT2D eigenvalue weighted by atomic mass is 16.3. The number of nitrogens with two attached hydrogens (primary N) is 1. The Labute approximate surface area is 113 Å². The van der Waals surface area contributed by atoms with Crippen molar-refractivity contribution in [2.45, 2.75) is 12.6 Å². The molecular formula is C15H20N2O2. The minimum absolute atomic E-state index is 0.0117. The molecule has 0 saturated carbocycles. The van der Waals surface area contributed by atoms with Crippen molar-refractivity contribution in [1.82, 2.24) is 4.90 Å². The molecule has 1 unspecified atom stereocenters. The van der Waals surface area contributed by atoms with Gasteiger partial charge in [0.15, 0.2) is 0 Å². The quantitative estimate of drug-likeness (QED) is 0.796. The van der Waals surface area contributed by atoms with Gasteiger partial charge < -0.3 is 15.3 Å². The minimum Gasteiger partial charge on any atom is -0.468 e. The average Bonchev–Trinajstić information content (AvgIpc) is 2.95. The molecule has 2 rings (SSSR count). The molecule has 19 heavy (non-hydrogen) atoms. The van der Waals surface area contributed by atoms with E-state index in [4.69, 9.17) is 10.2 Å². The van der Waals surface area contributed by atoms with Gasteiger partial charge in [-0.05, 0) is 17.7 Å². The number of benzene rings is 1. The van der Waals surface area contributed by atoms with Crippen LogP contribution >= 0.6 is 0 Å². The lowest BCUT2D eigenvalue weighted by molar-refractivity contribution is 0.133. The lowest BCUT2D eigenvalue weighted by atomic mass is 10.1. The summed E-state index contributed by atoms with van der Waals surface area (Å²) in [5.74, 6) is 0.840. The zero-order chi connectivity index (χ0) is 13.5. The highest BCUT2D eigenvalue weighted by Gasteiger charge is 2.21. The van der Waals surface area contributed by atoms with Gasteiger partial charge in [-0.1, -0.05) is 30.3 Å². The molecule has 0 bridgehead atoms. The number of nitrogens with zero attached hydrogens (tertiary/aromatic N) is 1. The third kappa shape index (κ3) is 3.67. The summed E-state index contributed by atoms with van der Waals surface area (Å²) in [7, 11) is 0. The number of rotatable bonds is 7. The molecule has 0 fully saturated rings. The van der Waals surface area contributed by atoms with Crippen LogP contribution in [0.1, 0.15) is 17.4 Å². The van der Waals surface area contributed by atoms with Crippen molar-refractivity contribution in [2.24, 2.45) is 5.73 Å². The van der Waals surface area contributed by atoms with Crippen molar-refractivity contribution in [1.29, 1.82) is 0 Å². The van der Waals surface area contributed by atoms with Crippen LogP contribution in [0, 0.1) is 0 Å². The molecule has 3 N–H and O–H groups in total. The lowest BCUT2D eigenvalue weighted by Crippen LogP contribution is -2.35. The fourth-order valence-electron chi connectivity index (χ4n) is 2.22. The van der Waals surface area contributed by atoms with Crippen molar-refractivity contribution in [3.05, 3.63) is 60.1 Å². The molecular weight excluding hydrogens is 240 g/mol. The molecule has 4 heteroatoms. The van der Waals surface area contributed by atoms with E-state index in [1.165, 1.54) is 5.56 Å². The predicted molar refractivity (Wildman–Crippen MR) is 74.4 cm³/mol. The molecule has 2 aromatic rings. The van der Waals surface area contributed by atoms with Crippen LogP contribution in [-0.4, -0.2) is 29.7 Å². The van der Waals surface area contributed by atoms with Gasteiger partial charge in [-0.25, -0.2) is 0 Å². The maximum Gasteiger partial charge on any atom is 0.122 e. The third-order valence-corrected chi connectivity index (χ3v) is 3.15. The fraction of sp³-hybridized carbons (Fsp3) is 0.333. The topological polar surface area (TPSA) is 62.6 Å². The molecule has 0 radical (unpaired) electrons. The Balaban J connectivity index is 2.14. The van der Waals surface area contributed by atoms with Gasteiger partial charge in [0.25, 0.3) is 0 Å². The second-order valence-electron chi connectivity index (χ2n) is 4.45. The zero-order valence-electron chi connectivity index (χ0n) is 10.9. The van der Waals surface area contributed by atoms with Gasteiger partial charge in [-0.2, -0.15) is 0 Å². The van der Waals surface area contributed by atoms with Gasteiger partial charge in [-0.3, -0.25) is 4.90 Å². The van der Waals surface area contributed by atoms with Gasteiger partial charge in [0.1, 0.15) is 5.76 Å². The van der Waals surface area contributed by atoms with Gasteiger partial charge in [0.2, 0.25) is 0 Å². The van der Waals surface area contributed by atoms with Crippen molar-refractivity contribution in [3.8, 4) is 0 Å². The summed E-state index contributed by atoms with van der Waals surface area (Å²) < 4.78 is 5.45. The summed E-state index contributed by atoms with van der Waals surface area (Å²) >= 11 is 0. The number of furan rings is 1. The van der Waals surface area contributed by atoms with E-state index in [9.17, 15) is 5.11 Å². The molecule has 0 amide bonds. The molecule has 1 aromatic heterocycles. The molecule has 0 saturated heterocycles. The second-order valence-corrected chi connectivity index (χ2v) is 4.45. The van der Waals surface area contributed by atoms with E-state index in [1.54, 1.807) is 6.26 Å². The highest BCUT2D eigenvalue weighted by molar-refractivity contribution is 5.15. The smallest absolute Gasteiger partial charge is 0.122 e.